The number of nitrogens with zero attached hydrogens (tertiary/aromatic N) is 1. The summed E-state index contributed by atoms with van der Waals surface area (Å²) in [6.07, 6.45) is 5.87. The second-order valence-corrected chi connectivity index (χ2v) is 3.12. The van der Waals surface area contributed by atoms with Gasteiger partial charge in [0, 0.05) is 12.6 Å². The largest absolute Gasteiger partial charge is 0.495 e. The first-order valence-corrected chi connectivity index (χ1v) is 4.53. The van der Waals surface area contributed by atoms with Crippen LogP contribution in [0.4, 0.5) is 0 Å². The van der Waals surface area contributed by atoms with Crippen molar-refractivity contribution in [2.24, 2.45) is 0 Å². The van der Waals surface area contributed by atoms with Gasteiger partial charge in [-0.2, -0.15) is 0 Å². The fraction of sp³-hybridized carbons (Fsp3) is 0.364. The molecule has 1 aromatic heterocycles. The van der Waals surface area contributed by atoms with Crippen molar-refractivity contribution in [3.05, 3.63) is 36.7 Å². The number of pyridine rings is 1. The topological polar surface area (TPSA) is 42.4 Å². The third kappa shape index (κ3) is 3.18. The Bertz CT molecular complexity index is 299. The third-order valence-corrected chi connectivity index (χ3v) is 1.92. The van der Waals surface area contributed by atoms with Crippen LogP contribution in [0.2, 0.25) is 0 Å². The van der Waals surface area contributed by atoms with E-state index in [-0.39, 0.29) is 6.10 Å². The van der Waals surface area contributed by atoms with E-state index in [1.54, 1.807) is 25.6 Å². The number of ether oxygens (including phenoxy) is 1. The number of methoxy groups -OCH3 is 1. The normalized spacial score (nSPS) is 12.1. The van der Waals surface area contributed by atoms with Gasteiger partial charge in [-0.1, -0.05) is 6.08 Å². The lowest BCUT2D eigenvalue weighted by molar-refractivity contribution is 0.178. The Morgan fingerprint density at radius 2 is 2.43 bits per heavy atom. The van der Waals surface area contributed by atoms with Crippen molar-refractivity contribution in [2.45, 2.75) is 18.9 Å². The van der Waals surface area contributed by atoms with Crippen molar-refractivity contribution in [2.75, 3.05) is 7.11 Å². The van der Waals surface area contributed by atoms with Crippen LogP contribution in [0.1, 0.15) is 12.0 Å². The smallest absolute Gasteiger partial charge is 0.137 e. The van der Waals surface area contributed by atoms with E-state index in [2.05, 4.69) is 11.6 Å². The summed E-state index contributed by atoms with van der Waals surface area (Å²) in [5, 5.41) is 9.53. The number of aliphatic hydroxyl groups is 1. The van der Waals surface area contributed by atoms with Crippen molar-refractivity contribution in [1.82, 2.24) is 4.98 Å². The molecule has 3 heteroatoms. The van der Waals surface area contributed by atoms with Crippen molar-refractivity contribution < 1.29 is 9.84 Å². The molecule has 0 saturated carbocycles. The summed E-state index contributed by atoms with van der Waals surface area (Å²) in [6.45, 7) is 3.58. The van der Waals surface area contributed by atoms with E-state index in [0.717, 1.165) is 5.56 Å². The molecule has 0 aromatic carbocycles. The molecule has 0 saturated heterocycles. The Morgan fingerprint density at radius 1 is 1.64 bits per heavy atom. The van der Waals surface area contributed by atoms with E-state index in [1.807, 2.05) is 6.07 Å². The number of rotatable bonds is 5. The molecule has 1 aromatic rings. The summed E-state index contributed by atoms with van der Waals surface area (Å²) < 4.78 is 5.03. The van der Waals surface area contributed by atoms with Gasteiger partial charge >= 0.3 is 0 Å². The minimum atomic E-state index is -0.388. The van der Waals surface area contributed by atoms with Crippen molar-refractivity contribution in [3.63, 3.8) is 0 Å². The average molecular weight is 193 g/mol. The average Bonchev–Trinajstić information content (AvgIpc) is 2.18. The van der Waals surface area contributed by atoms with Crippen LogP contribution in [-0.4, -0.2) is 23.3 Å². The van der Waals surface area contributed by atoms with Crippen LogP contribution in [-0.2, 0) is 6.42 Å². The zero-order valence-corrected chi connectivity index (χ0v) is 8.31. The molecular weight excluding hydrogens is 178 g/mol. The molecule has 0 aliphatic rings. The molecule has 0 aliphatic heterocycles. The number of aromatic nitrogens is 1. The molecule has 0 spiro atoms. The second-order valence-electron chi connectivity index (χ2n) is 3.12. The van der Waals surface area contributed by atoms with Crippen LogP contribution >= 0.6 is 0 Å². The third-order valence-electron chi connectivity index (χ3n) is 1.92. The lowest BCUT2D eigenvalue weighted by Gasteiger charge is -2.08. The summed E-state index contributed by atoms with van der Waals surface area (Å²) in [4.78, 5) is 4.01. The van der Waals surface area contributed by atoms with E-state index in [0.29, 0.717) is 18.6 Å². The van der Waals surface area contributed by atoms with Gasteiger partial charge in [-0.15, -0.1) is 6.58 Å². The second kappa shape index (κ2) is 5.40. The highest BCUT2D eigenvalue weighted by Gasteiger charge is 2.04. The van der Waals surface area contributed by atoms with Gasteiger partial charge in [0.15, 0.2) is 0 Å². The molecule has 1 N–H and O–H groups in total. The molecule has 0 fully saturated rings. The molecule has 14 heavy (non-hydrogen) atoms. The zero-order chi connectivity index (χ0) is 10.4. The molecule has 0 amide bonds. The van der Waals surface area contributed by atoms with E-state index in [1.165, 1.54) is 0 Å². The summed E-state index contributed by atoms with van der Waals surface area (Å²) in [5.41, 5.74) is 0.971. The molecule has 76 valence electrons. The maximum Gasteiger partial charge on any atom is 0.137 e. The quantitative estimate of drug-likeness (QED) is 0.722. The van der Waals surface area contributed by atoms with Crippen LogP contribution in [0, 0.1) is 0 Å². The van der Waals surface area contributed by atoms with Crippen molar-refractivity contribution >= 4 is 0 Å². The lowest BCUT2D eigenvalue weighted by atomic mass is 10.1. The van der Waals surface area contributed by atoms with E-state index >= 15 is 0 Å². The van der Waals surface area contributed by atoms with Crippen LogP contribution in [0.25, 0.3) is 0 Å². The SMILES string of the molecule is C=CCC(O)Cc1cncc(OC)c1. The van der Waals surface area contributed by atoms with Gasteiger partial charge in [0.2, 0.25) is 0 Å². The molecule has 1 atom stereocenters. The maximum absolute atomic E-state index is 9.53. The summed E-state index contributed by atoms with van der Waals surface area (Å²) >= 11 is 0. The fourth-order valence-electron chi connectivity index (χ4n) is 1.23. The first kappa shape index (κ1) is 10.7. The fourth-order valence-corrected chi connectivity index (χ4v) is 1.23. The van der Waals surface area contributed by atoms with Crippen LogP contribution < -0.4 is 4.74 Å². The molecule has 0 aliphatic carbocycles. The van der Waals surface area contributed by atoms with Crippen LogP contribution in [0.5, 0.6) is 5.75 Å². The Morgan fingerprint density at radius 3 is 3.07 bits per heavy atom. The highest BCUT2D eigenvalue weighted by molar-refractivity contribution is 5.23. The molecule has 1 unspecified atom stereocenters. The van der Waals surface area contributed by atoms with E-state index in [9.17, 15) is 5.11 Å². The van der Waals surface area contributed by atoms with Gasteiger partial charge in [-0.05, 0) is 18.1 Å². The Balaban J connectivity index is 2.61. The Kier molecular flexibility index (Phi) is 4.13. The first-order chi connectivity index (χ1) is 6.76. The Labute approximate surface area is 84.1 Å². The monoisotopic (exact) mass is 193 g/mol. The first-order valence-electron chi connectivity index (χ1n) is 4.53. The standard InChI is InChI=1S/C11H15NO2/c1-3-4-10(13)5-9-6-11(14-2)8-12-7-9/h3,6-8,10,13H,1,4-5H2,2H3. The highest BCUT2D eigenvalue weighted by Crippen LogP contribution is 2.12. The molecule has 1 heterocycles. The molecule has 1 rings (SSSR count). The number of aliphatic hydroxyl groups excluding tert-OH is 1. The van der Waals surface area contributed by atoms with E-state index < -0.39 is 0 Å². The summed E-state index contributed by atoms with van der Waals surface area (Å²) in [7, 11) is 1.60. The van der Waals surface area contributed by atoms with Gasteiger partial charge in [-0.3, -0.25) is 4.98 Å². The number of hydrogen-bond donors (Lipinski definition) is 1. The van der Waals surface area contributed by atoms with Gasteiger partial charge in [0.1, 0.15) is 5.75 Å². The van der Waals surface area contributed by atoms with Crippen LogP contribution in [0.3, 0.4) is 0 Å². The van der Waals surface area contributed by atoms with Gasteiger partial charge in [0.05, 0.1) is 19.4 Å². The summed E-state index contributed by atoms with van der Waals surface area (Å²) in [6, 6.07) is 1.87. The highest BCUT2D eigenvalue weighted by atomic mass is 16.5. The van der Waals surface area contributed by atoms with Crippen molar-refractivity contribution in [1.29, 1.82) is 0 Å². The Hall–Kier alpha value is -1.35. The van der Waals surface area contributed by atoms with Crippen LogP contribution in [0.15, 0.2) is 31.1 Å². The van der Waals surface area contributed by atoms with Gasteiger partial charge in [-0.25, -0.2) is 0 Å². The minimum Gasteiger partial charge on any atom is -0.495 e. The van der Waals surface area contributed by atoms with Gasteiger partial charge in [0.25, 0.3) is 0 Å². The zero-order valence-electron chi connectivity index (χ0n) is 8.31. The molecule has 0 bridgehead atoms. The minimum absolute atomic E-state index is 0.388. The lowest BCUT2D eigenvalue weighted by Crippen LogP contribution is -2.09. The predicted molar refractivity (Wildman–Crippen MR) is 55.3 cm³/mol. The van der Waals surface area contributed by atoms with E-state index in [4.69, 9.17) is 4.74 Å². The molecular formula is C11H15NO2. The number of hydrogen-bond acceptors (Lipinski definition) is 3. The molecule has 0 radical (unpaired) electrons. The molecule has 3 nitrogen and oxygen atoms in total. The van der Waals surface area contributed by atoms with Crippen molar-refractivity contribution in [3.8, 4) is 5.75 Å². The maximum atomic E-state index is 9.53. The van der Waals surface area contributed by atoms with Gasteiger partial charge < -0.3 is 9.84 Å². The predicted octanol–water partition coefficient (Wildman–Crippen LogP) is 1.57. The summed E-state index contributed by atoms with van der Waals surface area (Å²) in [5.74, 6) is 0.716.